The maximum absolute atomic E-state index is 12.5. The number of likely N-dealkylation sites (tertiary alicyclic amines) is 1. The number of carbonyl (C=O) groups is 1. The molecule has 0 N–H and O–H groups in total. The first kappa shape index (κ1) is 15.4. The van der Waals surface area contributed by atoms with Crippen LogP contribution in [0.25, 0.3) is 0 Å². The Hall–Kier alpha value is -2.15. The molecule has 1 aliphatic heterocycles. The van der Waals surface area contributed by atoms with Crippen molar-refractivity contribution in [3.63, 3.8) is 0 Å². The summed E-state index contributed by atoms with van der Waals surface area (Å²) >= 11 is 0. The SMILES string of the molecule is Cc1noc(C)c1COC1CCN(C(=O)c2cc(C3CC3)no2)C1. The van der Waals surface area contributed by atoms with Crippen molar-refractivity contribution in [2.24, 2.45) is 0 Å². The lowest BCUT2D eigenvalue weighted by Gasteiger charge is -2.15. The van der Waals surface area contributed by atoms with Gasteiger partial charge in [-0.3, -0.25) is 4.79 Å². The first-order chi connectivity index (χ1) is 11.6. The molecule has 1 unspecified atom stereocenters. The van der Waals surface area contributed by atoms with E-state index in [9.17, 15) is 4.79 Å². The van der Waals surface area contributed by atoms with E-state index in [0.717, 1.165) is 42.0 Å². The molecule has 2 aliphatic rings. The normalized spacial score (nSPS) is 20.8. The number of aromatic nitrogens is 2. The Bertz CT molecular complexity index is 727. The van der Waals surface area contributed by atoms with Crippen molar-refractivity contribution in [2.45, 2.75) is 51.7 Å². The molecule has 1 saturated heterocycles. The molecule has 1 amide bonds. The van der Waals surface area contributed by atoms with Gasteiger partial charge in [-0.05, 0) is 33.1 Å². The Morgan fingerprint density at radius 3 is 2.83 bits per heavy atom. The average molecular weight is 331 g/mol. The Labute approximate surface area is 139 Å². The van der Waals surface area contributed by atoms with Crippen molar-refractivity contribution in [2.75, 3.05) is 13.1 Å². The molecular formula is C17H21N3O4. The second-order valence-electron chi connectivity index (χ2n) is 6.67. The minimum atomic E-state index is -0.0992. The summed E-state index contributed by atoms with van der Waals surface area (Å²) in [5.41, 5.74) is 2.75. The van der Waals surface area contributed by atoms with E-state index >= 15 is 0 Å². The van der Waals surface area contributed by atoms with Crippen LogP contribution in [0.15, 0.2) is 15.1 Å². The lowest BCUT2D eigenvalue weighted by Crippen LogP contribution is -2.29. The van der Waals surface area contributed by atoms with E-state index in [1.54, 1.807) is 11.0 Å². The number of hydrogen-bond acceptors (Lipinski definition) is 6. The molecule has 0 radical (unpaired) electrons. The van der Waals surface area contributed by atoms with Crippen molar-refractivity contribution in [3.8, 4) is 0 Å². The van der Waals surface area contributed by atoms with Crippen LogP contribution in [0.4, 0.5) is 0 Å². The van der Waals surface area contributed by atoms with Gasteiger partial charge in [-0.25, -0.2) is 0 Å². The molecule has 24 heavy (non-hydrogen) atoms. The van der Waals surface area contributed by atoms with Crippen molar-refractivity contribution in [1.82, 2.24) is 15.2 Å². The number of nitrogens with zero attached hydrogens (tertiary/aromatic N) is 3. The standard InChI is InChI=1S/C17H21N3O4/c1-10-14(11(2)23-18-10)9-22-13-5-6-20(8-13)17(21)16-7-15(19-24-16)12-3-4-12/h7,12-13H,3-6,8-9H2,1-2H3. The molecule has 0 bridgehead atoms. The molecule has 7 nitrogen and oxygen atoms in total. The van der Waals surface area contributed by atoms with E-state index in [0.29, 0.717) is 31.4 Å². The highest BCUT2D eigenvalue weighted by molar-refractivity contribution is 5.91. The van der Waals surface area contributed by atoms with Gasteiger partial charge in [0.05, 0.1) is 24.1 Å². The fraction of sp³-hybridized carbons (Fsp3) is 0.588. The first-order valence-electron chi connectivity index (χ1n) is 8.41. The summed E-state index contributed by atoms with van der Waals surface area (Å²) in [7, 11) is 0. The van der Waals surface area contributed by atoms with Gasteiger partial charge in [0, 0.05) is 30.6 Å². The highest BCUT2D eigenvalue weighted by Gasteiger charge is 2.32. The minimum Gasteiger partial charge on any atom is -0.371 e. The van der Waals surface area contributed by atoms with Crippen molar-refractivity contribution in [3.05, 3.63) is 34.5 Å². The van der Waals surface area contributed by atoms with E-state index in [4.69, 9.17) is 13.8 Å². The monoisotopic (exact) mass is 331 g/mol. The molecule has 4 rings (SSSR count). The van der Waals surface area contributed by atoms with Crippen LogP contribution < -0.4 is 0 Å². The van der Waals surface area contributed by atoms with Crippen LogP contribution in [0.5, 0.6) is 0 Å². The Kier molecular flexibility index (Phi) is 3.88. The minimum absolute atomic E-state index is 0.0217. The van der Waals surface area contributed by atoms with Crippen LogP contribution >= 0.6 is 0 Å². The zero-order chi connectivity index (χ0) is 16.7. The van der Waals surface area contributed by atoms with Gasteiger partial charge in [0.2, 0.25) is 5.76 Å². The predicted octanol–water partition coefficient (Wildman–Crippen LogP) is 2.59. The molecule has 1 saturated carbocycles. The lowest BCUT2D eigenvalue weighted by atomic mass is 10.2. The number of aryl methyl sites for hydroxylation is 2. The number of ether oxygens (including phenoxy) is 1. The van der Waals surface area contributed by atoms with Gasteiger partial charge in [-0.2, -0.15) is 0 Å². The molecule has 3 heterocycles. The maximum atomic E-state index is 12.5. The molecule has 0 aromatic carbocycles. The number of amides is 1. The van der Waals surface area contributed by atoms with Gasteiger partial charge in [-0.15, -0.1) is 0 Å². The fourth-order valence-electron chi connectivity index (χ4n) is 3.07. The molecule has 1 atom stereocenters. The lowest BCUT2D eigenvalue weighted by molar-refractivity contribution is 0.0421. The first-order valence-corrected chi connectivity index (χ1v) is 8.41. The average Bonchev–Trinajstić information content (AvgIpc) is 2.99. The van der Waals surface area contributed by atoms with Gasteiger partial charge in [0.1, 0.15) is 5.76 Å². The quantitative estimate of drug-likeness (QED) is 0.837. The Morgan fingerprint density at radius 2 is 2.12 bits per heavy atom. The van der Waals surface area contributed by atoms with E-state index < -0.39 is 0 Å². The summed E-state index contributed by atoms with van der Waals surface area (Å²) in [6.07, 6.45) is 3.12. The Morgan fingerprint density at radius 1 is 1.29 bits per heavy atom. The van der Waals surface area contributed by atoms with Crippen LogP contribution in [-0.4, -0.2) is 40.3 Å². The summed E-state index contributed by atoms with van der Waals surface area (Å²) in [6, 6.07) is 1.79. The van der Waals surface area contributed by atoms with Crippen molar-refractivity contribution in [1.29, 1.82) is 0 Å². The highest BCUT2D eigenvalue weighted by atomic mass is 16.5. The molecule has 1 aliphatic carbocycles. The molecule has 128 valence electrons. The second kappa shape index (κ2) is 6.05. The van der Waals surface area contributed by atoms with E-state index in [2.05, 4.69) is 10.3 Å². The molecule has 0 spiro atoms. The zero-order valence-corrected chi connectivity index (χ0v) is 13.9. The summed E-state index contributed by atoms with van der Waals surface area (Å²) in [4.78, 5) is 14.3. The summed E-state index contributed by atoms with van der Waals surface area (Å²) in [5, 5.41) is 7.93. The van der Waals surface area contributed by atoms with Crippen LogP contribution in [0, 0.1) is 13.8 Å². The third-order valence-electron chi connectivity index (χ3n) is 4.81. The van der Waals surface area contributed by atoms with Gasteiger partial charge >= 0.3 is 0 Å². The highest BCUT2D eigenvalue weighted by Crippen LogP contribution is 2.39. The van der Waals surface area contributed by atoms with E-state index in [1.807, 2.05) is 13.8 Å². The van der Waals surface area contributed by atoms with E-state index in [1.165, 1.54) is 0 Å². The van der Waals surface area contributed by atoms with Crippen LogP contribution in [-0.2, 0) is 11.3 Å². The molecule has 7 heteroatoms. The van der Waals surface area contributed by atoms with Gasteiger partial charge in [-0.1, -0.05) is 10.3 Å². The van der Waals surface area contributed by atoms with Crippen LogP contribution in [0.2, 0.25) is 0 Å². The summed E-state index contributed by atoms with van der Waals surface area (Å²) in [6.45, 7) is 5.49. The van der Waals surface area contributed by atoms with Gasteiger partial charge in [0.25, 0.3) is 5.91 Å². The third kappa shape index (κ3) is 2.96. The Balaban J connectivity index is 1.33. The molecule has 2 aromatic heterocycles. The van der Waals surface area contributed by atoms with Crippen molar-refractivity contribution < 1.29 is 18.6 Å². The van der Waals surface area contributed by atoms with Crippen molar-refractivity contribution >= 4 is 5.91 Å². The van der Waals surface area contributed by atoms with Gasteiger partial charge < -0.3 is 18.7 Å². The number of carbonyl (C=O) groups excluding carboxylic acids is 1. The fourth-order valence-corrected chi connectivity index (χ4v) is 3.07. The second-order valence-corrected chi connectivity index (χ2v) is 6.67. The topological polar surface area (TPSA) is 81.6 Å². The molecule has 2 fully saturated rings. The predicted molar refractivity (Wildman–Crippen MR) is 83.6 cm³/mol. The zero-order valence-electron chi connectivity index (χ0n) is 13.9. The summed E-state index contributed by atoms with van der Waals surface area (Å²) in [5.74, 6) is 1.51. The van der Waals surface area contributed by atoms with Crippen LogP contribution in [0.1, 0.15) is 58.4 Å². The number of rotatable bonds is 5. The third-order valence-corrected chi connectivity index (χ3v) is 4.81. The summed E-state index contributed by atoms with van der Waals surface area (Å²) < 4.78 is 16.3. The van der Waals surface area contributed by atoms with E-state index in [-0.39, 0.29) is 12.0 Å². The largest absolute Gasteiger partial charge is 0.371 e. The van der Waals surface area contributed by atoms with Gasteiger partial charge in [0.15, 0.2) is 0 Å². The van der Waals surface area contributed by atoms with Crippen LogP contribution in [0.3, 0.4) is 0 Å². The molecular weight excluding hydrogens is 310 g/mol. The smallest absolute Gasteiger partial charge is 0.292 e. The molecule has 2 aromatic rings. The maximum Gasteiger partial charge on any atom is 0.292 e. The number of hydrogen-bond donors (Lipinski definition) is 0.